The van der Waals surface area contributed by atoms with Gasteiger partial charge in [0, 0.05) is 21.2 Å². The highest BCUT2D eigenvalue weighted by Gasteiger charge is 2.25. The first kappa shape index (κ1) is 17.7. The molecular formula is C20H17Cl2NO2. The van der Waals surface area contributed by atoms with E-state index in [1.165, 1.54) is 5.56 Å². The Hall–Kier alpha value is -2.10. The lowest BCUT2D eigenvalue weighted by molar-refractivity contribution is -0.129. The second kappa shape index (κ2) is 6.66. The highest BCUT2D eigenvalue weighted by Crippen LogP contribution is 2.29. The van der Waals surface area contributed by atoms with Crippen molar-refractivity contribution >= 4 is 41.1 Å². The van der Waals surface area contributed by atoms with Gasteiger partial charge in [-0.05, 0) is 41.3 Å². The molecule has 0 N–H and O–H groups in total. The van der Waals surface area contributed by atoms with Gasteiger partial charge in [0.1, 0.15) is 0 Å². The molecule has 0 unspecified atom stereocenters. The van der Waals surface area contributed by atoms with E-state index in [0.717, 1.165) is 5.56 Å². The number of carbonyl (C=O) groups is 1. The Morgan fingerprint density at radius 3 is 2.16 bits per heavy atom. The summed E-state index contributed by atoms with van der Waals surface area (Å²) in [5, 5.41) is 0.900. The van der Waals surface area contributed by atoms with Gasteiger partial charge < -0.3 is 4.74 Å². The SMILES string of the molecule is CC(C)(C)c1ccc(C2=N/C(=C\c3c(Cl)cccc3Cl)C(=O)O2)cc1. The lowest BCUT2D eigenvalue weighted by Gasteiger charge is -2.18. The summed E-state index contributed by atoms with van der Waals surface area (Å²) in [7, 11) is 0. The van der Waals surface area contributed by atoms with Gasteiger partial charge in [-0.15, -0.1) is 0 Å². The fourth-order valence-electron chi connectivity index (χ4n) is 2.43. The third kappa shape index (κ3) is 3.78. The molecule has 0 fully saturated rings. The van der Waals surface area contributed by atoms with Crippen molar-refractivity contribution in [3.63, 3.8) is 0 Å². The van der Waals surface area contributed by atoms with Crippen LogP contribution < -0.4 is 0 Å². The van der Waals surface area contributed by atoms with Crippen LogP contribution in [0.1, 0.15) is 37.5 Å². The summed E-state index contributed by atoms with van der Waals surface area (Å²) < 4.78 is 5.29. The molecule has 1 aliphatic heterocycles. The van der Waals surface area contributed by atoms with Crippen LogP contribution in [0.3, 0.4) is 0 Å². The van der Waals surface area contributed by atoms with Gasteiger partial charge in [-0.1, -0.05) is 62.2 Å². The lowest BCUT2D eigenvalue weighted by Crippen LogP contribution is -2.11. The Labute approximate surface area is 156 Å². The van der Waals surface area contributed by atoms with Crippen molar-refractivity contribution in [1.29, 1.82) is 0 Å². The number of benzene rings is 2. The minimum atomic E-state index is -0.522. The van der Waals surface area contributed by atoms with E-state index in [4.69, 9.17) is 27.9 Å². The number of ether oxygens (including phenoxy) is 1. The number of esters is 1. The van der Waals surface area contributed by atoms with Gasteiger partial charge in [0.05, 0.1) is 0 Å². The van der Waals surface area contributed by atoms with Crippen LogP contribution in [0.5, 0.6) is 0 Å². The monoisotopic (exact) mass is 373 g/mol. The smallest absolute Gasteiger partial charge is 0.363 e. The van der Waals surface area contributed by atoms with Crippen LogP contribution in [0.15, 0.2) is 53.2 Å². The molecule has 0 aliphatic carbocycles. The van der Waals surface area contributed by atoms with E-state index in [0.29, 0.717) is 15.6 Å². The molecule has 3 nitrogen and oxygen atoms in total. The predicted octanol–water partition coefficient (Wildman–Crippen LogP) is 5.64. The van der Waals surface area contributed by atoms with Crippen LogP contribution in [0.4, 0.5) is 0 Å². The molecule has 0 saturated heterocycles. The molecule has 5 heteroatoms. The summed E-state index contributed by atoms with van der Waals surface area (Å²) in [6, 6.07) is 13.0. The maximum Gasteiger partial charge on any atom is 0.363 e. The van der Waals surface area contributed by atoms with Crippen molar-refractivity contribution < 1.29 is 9.53 Å². The summed E-state index contributed by atoms with van der Waals surface area (Å²) in [4.78, 5) is 16.4. The Kier molecular flexibility index (Phi) is 4.72. The molecule has 0 atom stereocenters. The molecule has 0 spiro atoms. The number of halogens is 2. The molecule has 1 aliphatic rings. The molecule has 1 heterocycles. The maximum atomic E-state index is 12.1. The first-order chi connectivity index (χ1) is 11.8. The Morgan fingerprint density at radius 2 is 1.60 bits per heavy atom. The molecule has 25 heavy (non-hydrogen) atoms. The minimum absolute atomic E-state index is 0.0541. The van der Waals surface area contributed by atoms with Gasteiger partial charge >= 0.3 is 5.97 Å². The summed E-state index contributed by atoms with van der Waals surface area (Å²) >= 11 is 12.3. The van der Waals surface area contributed by atoms with Crippen molar-refractivity contribution in [2.45, 2.75) is 26.2 Å². The zero-order valence-corrected chi connectivity index (χ0v) is 15.7. The predicted molar refractivity (Wildman–Crippen MR) is 102 cm³/mol. The van der Waals surface area contributed by atoms with Crippen molar-refractivity contribution in [3.05, 3.63) is 74.9 Å². The van der Waals surface area contributed by atoms with Gasteiger partial charge in [-0.3, -0.25) is 0 Å². The average molecular weight is 374 g/mol. The van der Waals surface area contributed by atoms with Crippen molar-refractivity contribution in [1.82, 2.24) is 0 Å². The van der Waals surface area contributed by atoms with E-state index in [-0.39, 0.29) is 17.0 Å². The molecule has 0 amide bonds. The Balaban J connectivity index is 1.94. The number of nitrogens with zero attached hydrogens (tertiary/aromatic N) is 1. The number of hydrogen-bond acceptors (Lipinski definition) is 3. The molecule has 2 aromatic rings. The zero-order chi connectivity index (χ0) is 18.2. The molecule has 128 valence electrons. The first-order valence-electron chi connectivity index (χ1n) is 7.83. The topological polar surface area (TPSA) is 38.7 Å². The Bertz CT molecular complexity index is 871. The number of carbonyl (C=O) groups excluding carboxylic acids is 1. The number of cyclic esters (lactones) is 1. The summed E-state index contributed by atoms with van der Waals surface area (Å²) in [6.07, 6.45) is 1.55. The normalized spacial score (nSPS) is 16.1. The van der Waals surface area contributed by atoms with Crippen molar-refractivity contribution in [2.24, 2.45) is 4.99 Å². The fraction of sp³-hybridized carbons (Fsp3) is 0.200. The van der Waals surface area contributed by atoms with Crippen LogP contribution in [0.2, 0.25) is 10.0 Å². The molecular weight excluding hydrogens is 357 g/mol. The first-order valence-corrected chi connectivity index (χ1v) is 8.59. The van der Waals surface area contributed by atoms with Crippen LogP contribution in [-0.2, 0) is 14.9 Å². The van der Waals surface area contributed by atoms with Crippen LogP contribution >= 0.6 is 23.2 Å². The summed E-state index contributed by atoms with van der Waals surface area (Å²) in [5.74, 6) is -0.245. The van der Waals surface area contributed by atoms with E-state index in [9.17, 15) is 4.79 Å². The highest BCUT2D eigenvalue weighted by atomic mass is 35.5. The molecule has 0 radical (unpaired) electrons. The van der Waals surface area contributed by atoms with Gasteiger partial charge in [0.25, 0.3) is 0 Å². The molecule has 0 bridgehead atoms. The van der Waals surface area contributed by atoms with E-state index in [1.54, 1.807) is 24.3 Å². The third-order valence-electron chi connectivity index (χ3n) is 3.90. The van der Waals surface area contributed by atoms with Crippen molar-refractivity contribution in [3.8, 4) is 0 Å². The van der Waals surface area contributed by atoms with Gasteiger partial charge in [0.2, 0.25) is 5.90 Å². The minimum Gasteiger partial charge on any atom is -0.402 e. The van der Waals surface area contributed by atoms with Crippen LogP contribution in [-0.4, -0.2) is 11.9 Å². The average Bonchev–Trinajstić information content (AvgIpc) is 2.91. The largest absolute Gasteiger partial charge is 0.402 e. The van der Waals surface area contributed by atoms with Gasteiger partial charge in [-0.25, -0.2) is 9.79 Å². The van der Waals surface area contributed by atoms with Crippen LogP contribution in [0, 0.1) is 0 Å². The standard InChI is InChI=1S/C20H17Cl2NO2/c1-20(2,3)13-9-7-12(8-10-13)18-23-17(19(24)25-18)11-14-15(21)5-4-6-16(14)22/h4-11H,1-3H3/b17-11-. The van der Waals surface area contributed by atoms with Crippen LogP contribution in [0.25, 0.3) is 6.08 Å². The number of hydrogen-bond donors (Lipinski definition) is 0. The molecule has 0 aromatic heterocycles. The van der Waals surface area contributed by atoms with E-state index in [2.05, 4.69) is 25.8 Å². The highest BCUT2D eigenvalue weighted by molar-refractivity contribution is 6.37. The van der Waals surface area contributed by atoms with E-state index < -0.39 is 5.97 Å². The number of rotatable bonds is 2. The number of aliphatic imine (C=N–C) groups is 1. The summed E-state index contributed by atoms with van der Waals surface area (Å²) in [6.45, 7) is 6.43. The zero-order valence-electron chi connectivity index (χ0n) is 14.1. The van der Waals surface area contributed by atoms with Gasteiger partial charge in [-0.2, -0.15) is 0 Å². The second-order valence-electron chi connectivity index (χ2n) is 6.80. The second-order valence-corrected chi connectivity index (χ2v) is 7.61. The van der Waals surface area contributed by atoms with E-state index >= 15 is 0 Å². The quantitative estimate of drug-likeness (QED) is 0.504. The molecule has 0 saturated carbocycles. The molecule has 3 rings (SSSR count). The van der Waals surface area contributed by atoms with E-state index in [1.807, 2.05) is 24.3 Å². The maximum absolute atomic E-state index is 12.1. The van der Waals surface area contributed by atoms with Crippen molar-refractivity contribution in [2.75, 3.05) is 0 Å². The van der Waals surface area contributed by atoms with Gasteiger partial charge in [0.15, 0.2) is 5.70 Å². The summed E-state index contributed by atoms with van der Waals surface area (Å²) in [5.41, 5.74) is 2.71. The Morgan fingerprint density at radius 1 is 1.00 bits per heavy atom. The molecule has 2 aromatic carbocycles. The third-order valence-corrected chi connectivity index (χ3v) is 4.56. The fourth-order valence-corrected chi connectivity index (χ4v) is 2.94. The lowest BCUT2D eigenvalue weighted by atomic mass is 9.87.